The highest BCUT2D eigenvalue weighted by Crippen LogP contribution is 2.37. The molecular formula is C26H23FN2O4S. The number of aromatic nitrogens is 1. The summed E-state index contributed by atoms with van der Waals surface area (Å²) in [6.07, 6.45) is 2.36. The van der Waals surface area contributed by atoms with Crippen molar-refractivity contribution in [1.29, 1.82) is 0 Å². The van der Waals surface area contributed by atoms with Crippen molar-refractivity contribution in [3.8, 4) is 17.0 Å². The molecule has 0 saturated heterocycles. The number of nitrogens with one attached hydrogen (secondary N) is 1. The third kappa shape index (κ3) is 5.58. The third-order valence-electron chi connectivity index (χ3n) is 5.18. The van der Waals surface area contributed by atoms with Crippen molar-refractivity contribution >= 4 is 26.9 Å². The lowest BCUT2D eigenvalue weighted by Crippen LogP contribution is -2.26. The van der Waals surface area contributed by atoms with Crippen LogP contribution in [-0.4, -0.2) is 32.1 Å². The summed E-state index contributed by atoms with van der Waals surface area (Å²) in [7, 11) is -4.02. The molecule has 6 nitrogen and oxygen atoms in total. The van der Waals surface area contributed by atoms with E-state index >= 15 is 0 Å². The maximum absolute atomic E-state index is 14.0. The van der Waals surface area contributed by atoms with Gasteiger partial charge in [-0.3, -0.25) is 4.79 Å². The summed E-state index contributed by atoms with van der Waals surface area (Å²) >= 11 is 0. The molecule has 0 atom stereocenters. The molecule has 0 fully saturated rings. The number of aryl methyl sites for hydroxylation is 1. The first kappa shape index (κ1) is 23.4. The summed E-state index contributed by atoms with van der Waals surface area (Å²) in [5.41, 5.74) is 2.01. The Kier molecular flexibility index (Phi) is 6.88. The molecule has 1 aromatic heterocycles. The number of benzene rings is 3. The largest absolute Gasteiger partial charge is 0.379 e. The van der Waals surface area contributed by atoms with Crippen LogP contribution in [0.4, 0.5) is 4.39 Å². The number of para-hydroxylation sites is 1. The predicted octanol–water partition coefficient (Wildman–Crippen LogP) is 4.74. The fourth-order valence-electron chi connectivity index (χ4n) is 3.71. The van der Waals surface area contributed by atoms with E-state index in [0.29, 0.717) is 29.4 Å². The van der Waals surface area contributed by atoms with Crippen molar-refractivity contribution in [3.63, 3.8) is 0 Å². The number of amides is 1. The van der Waals surface area contributed by atoms with Gasteiger partial charge in [0.2, 0.25) is 0 Å². The summed E-state index contributed by atoms with van der Waals surface area (Å²) < 4.78 is 43.5. The summed E-state index contributed by atoms with van der Waals surface area (Å²) in [5, 5.41) is 3.29. The smallest absolute Gasteiger partial charge is 0.306 e. The number of fused-ring (bicyclic) bond motifs is 1. The Labute approximate surface area is 197 Å². The number of carbonyl (C=O) groups is 1. The number of hydrogen-bond acceptors (Lipinski definition) is 5. The fraction of sp³-hybridized carbons (Fsp3) is 0.154. The lowest BCUT2D eigenvalue weighted by atomic mass is 10.0. The van der Waals surface area contributed by atoms with E-state index in [9.17, 15) is 17.6 Å². The Morgan fingerprint density at radius 1 is 1.00 bits per heavy atom. The molecule has 0 bridgehead atoms. The lowest BCUT2D eigenvalue weighted by molar-refractivity contribution is 0.0953. The zero-order chi connectivity index (χ0) is 24.1. The average molecular weight is 479 g/mol. The maximum atomic E-state index is 14.0. The number of carbonyl (C=O) groups excluding carboxylic acids is 1. The molecule has 34 heavy (non-hydrogen) atoms. The minimum atomic E-state index is -4.02. The quantitative estimate of drug-likeness (QED) is 0.292. The van der Waals surface area contributed by atoms with Crippen LogP contribution in [0.2, 0.25) is 0 Å². The molecule has 1 amide bonds. The van der Waals surface area contributed by atoms with E-state index in [0.717, 1.165) is 18.2 Å². The Morgan fingerprint density at radius 3 is 2.47 bits per heavy atom. The van der Waals surface area contributed by atoms with Crippen molar-refractivity contribution < 1.29 is 21.8 Å². The van der Waals surface area contributed by atoms with Crippen LogP contribution < -0.4 is 9.50 Å². The first-order valence-corrected chi connectivity index (χ1v) is 12.5. The average Bonchev–Trinajstić information content (AvgIpc) is 2.81. The van der Waals surface area contributed by atoms with Gasteiger partial charge in [-0.15, -0.1) is 0 Å². The predicted molar refractivity (Wildman–Crippen MR) is 130 cm³/mol. The molecule has 8 heteroatoms. The van der Waals surface area contributed by atoms with Gasteiger partial charge in [0.05, 0.1) is 17.3 Å². The highest BCUT2D eigenvalue weighted by atomic mass is 32.2. The molecule has 1 N–H and O–H groups in total. The van der Waals surface area contributed by atoms with Crippen LogP contribution in [0.5, 0.6) is 5.75 Å². The second-order valence-electron chi connectivity index (χ2n) is 7.82. The van der Waals surface area contributed by atoms with Gasteiger partial charge in [0, 0.05) is 17.5 Å². The van der Waals surface area contributed by atoms with Gasteiger partial charge in [-0.1, -0.05) is 60.7 Å². The Morgan fingerprint density at radius 2 is 1.74 bits per heavy atom. The number of pyridine rings is 1. The van der Waals surface area contributed by atoms with Gasteiger partial charge in [0.15, 0.2) is 5.75 Å². The van der Waals surface area contributed by atoms with Crippen LogP contribution in [0.3, 0.4) is 0 Å². The molecule has 4 rings (SSSR count). The van der Waals surface area contributed by atoms with E-state index < -0.39 is 21.8 Å². The minimum Gasteiger partial charge on any atom is -0.379 e. The maximum Gasteiger partial charge on any atom is 0.306 e. The normalized spacial score (nSPS) is 11.4. The molecule has 0 unspecified atom stereocenters. The topological polar surface area (TPSA) is 85.4 Å². The van der Waals surface area contributed by atoms with Gasteiger partial charge < -0.3 is 9.50 Å². The zero-order valence-electron chi connectivity index (χ0n) is 18.5. The van der Waals surface area contributed by atoms with E-state index in [2.05, 4.69) is 10.3 Å². The van der Waals surface area contributed by atoms with E-state index in [-0.39, 0.29) is 17.0 Å². The van der Waals surface area contributed by atoms with Crippen molar-refractivity contribution in [3.05, 3.63) is 95.8 Å². The first-order chi connectivity index (χ1) is 16.3. The Bertz CT molecular complexity index is 1440. The number of nitrogens with zero attached hydrogens (tertiary/aromatic N) is 1. The summed E-state index contributed by atoms with van der Waals surface area (Å²) in [4.78, 5) is 17.9. The second-order valence-corrected chi connectivity index (χ2v) is 9.40. The summed E-state index contributed by atoms with van der Waals surface area (Å²) in [5.74, 6) is -1.25. The van der Waals surface area contributed by atoms with Crippen molar-refractivity contribution in [2.75, 3.05) is 12.8 Å². The van der Waals surface area contributed by atoms with Crippen molar-refractivity contribution in [2.45, 2.75) is 12.8 Å². The van der Waals surface area contributed by atoms with Crippen LogP contribution in [-0.2, 0) is 16.5 Å². The zero-order valence-corrected chi connectivity index (χ0v) is 19.3. The molecule has 0 spiro atoms. The van der Waals surface area contributed by atoms with Crippen molar-refractivity contribution in [2.24, 2.45) is 0 Å². The molecule has 0 aliphatic rings. The van der Waals surface area contributed by atoms with Crippen LogP contribution >= 0.6 is 0 Å². The molecule has 174 valence electrons. The number of hydrogen-bond donors (Lipinski definition) is 1. The Balaban J connectivity index is 1.75. The molecule has 3 aromatic carbocycles. The molecule has 4 aromatic rings. The molecule has 0 radical (unpaired) electrons. The highest BCUT2D eigenvalue weighted by Gasteiger charge is 2.25. The molecule has 0 aliphatic carbocycles. The molecule has 0 saturated carbocycles. The van der Waals surface area contributed by atoms with Gasteiger partial charge in [-0.2, -0.15) is 8.42 Å². The second kappa shape index (κ2) is 10.0. The Hall–Kier alpha value is -3.78. The molecule has 1 heterocycles. The lowest BCUT2D eigenvalue weighted by Gasteiger charge is -2.17. The fourth-order valence-corrected chi connectivity index (χ4v) is 4.18. The SMILES string of the molecule is CS(=O)(=O)Oc1c(-c2cccc(F)c2)nc2ccccc2c1C(=O)NCCCc1ccccc1. The summed E-state index contributed by atoms with van der Waals surface area (Å²) in [6.45, 7) is 0.373. The standard InChI is InChI=1S/C26H23FN2O4S/c1-34(31,32)33-25-23(26(30)28-16-8-11-18-9-3-2-4-10-18)21-14-5-6-15-22(21)29-24(25)19-12-7-13-20(27)17-19/h2-7,9-10,12-15,17H,8,11,16H2,1H3,(H,28,30). The van der Waals surface area contributed by atoms with Crippen LogP contribution in [0, 0.1) is 5.82 Å². The van der Waals surface area contributed by atoms with Crippen LogP contribution in [0.15, 0.2) is 78.9 Å². The molecular weight excluding hydrogens is 455 g/mol. The van der Waals surface area contributed by atoms with Gasteiger partial charge in [-0.25, -0.2) is 9.37 Å². The monoisotopic (exact) mass is 478 g/mol. The number of rotatable bonds is 8. The van der Waals surface area contributed by atoms with Crippen molar-refractivity contribution in [1.82, 2.24) is 10.3 Å². The van der Waals surface area contributed by atoms with Gasteiger partial charge >= 0.3 is 10.1 Å². The van der Waals surface area contributed by atoms with E-state index in [4.69, 9.17) is 4.18 Å². The summed E-state index contributed by atoms with van der Waals surface area (Å²) in [6, 6.07) is 22.3. The van der Waals surface area contributed by atoms with Gasteiger partial charge in [0.1, 0.15) is 11.5 Å². The van der Waals surface area contributed by atoms with E-state index in [1.54, 1.807) is 30.3 Å². The van der Waals surface area contributed by atoms with E-state index in [1.807, 2.05) is 30.3 Å². The molecule has 0 aliphatic heterocycles. The highest BCUT2D eigenvalue weighted by molar-refractivity contribution is 7.86. The third-order valence-corrected chi connectivity index (χ3v) is 5.65. The van der Waals surface area contributed by atoms with Crippen LogP contribution in [0.25, 0.3) is 22.2 Å². The van der Waals surface area contributed by atoms with E-state index in [1.165, 1.54) is 18.2 Å². The first-order valence-electron chi connectivity index (χ1n) is 10.7. The minimum absolute atomic E-state index is 0.0370. The number of halogens is 1. The van der Waals surface area contributed by atoms with Gasteiger partial charge in [-0.05, 0) is 36.6 Å². The van der Waals surface area contributed by atoms with Crippen LogP contribution in [0.1, 0.15) is 22.3 Å². The van der Waals surface area contributed by atoms with Gasteiger partial charge in [0.25, 0.3) is 5.91 Å².